The second-order valence-electron chi connectivity index (χ2n) is 2.05. The average Bonchev–Trinajstić information content (AvgIpc) is 2.34. The van der Waals surface area contributed by atoms with Gasteiger partial charge in [-0.05, 0) is 0 Å². The molecule has 0 fully saturated rings. The van der Waals surface area contributed by atoms with Crippen molar-refractivity contribution in [2.75, 3.05) is 19.0 Å². The summed E-state index contributed by atoms with van der Waals surface area (Å²) in [5.74, 6) is 0.639. The largest absolute Gasteiger partial charge is 0.395 e. The Bertz CT molecular complexity index is 236. The number of hydrogen-bond acceptors (Lipinski definition) is 3. The van der Waals surface area contributed by atoms with E-state index < -0.39 is 0 Å². The van der Waals surface area contributed by atoms with Gasteiger partial charge in [0.2, 0.25) is 0 Å². The van der Waals surface area contributed by atoms with Gasteiger partial charge in [-0.3, -0.25) is 0 Å². The molecule has 0 spiro atoms. The first-order valence-electron chi connectivity index (χ1n) is 3.29. The minimum absolute atomic E-state index is 0.0687. The second kappa shape index (κ2) is 3.59. The van der Waals surface area contributed by atoms with E-state index in [0.29, 0.717) is 17.5 Å². The van der Waals surface area contributed by atoms with Gasteiger partial charge in [0.1, 0.15) is 0 Å². The lowest BCUT2D eigenvalue weighted by Crippen LogP contribution is -2.00. The molecule has 5 heteroatoms. The summed E-state index contributed by atoms with van der Waals surface area (Å²) in [6.07, 6.45) is 1.59. The lowest BCUT2D eigenvalue weighted by Gasteiger charge is -1.99. The van der Waals surface area contributed by atoms with Crippen LogP contribution in [-0.4, -0.2) is 28.3 Å². The fourth-order valence-electron chi connectivity index (χ4n) is 0.799. The normalized spacial score (nSPS) is 10.1. The molecule has 0 aliphatic heterocycles. The van der Waals surface area contributed by atoms with E-state index in [1.54, 1.807) is 17.9 Å². The van der Waals surface area contributed by atoms with Gasteiger partial charge in [-0.25, -0.2) is 4.98 Å². The van der Waals surface area contributed by atoms with Gasteiger partial charge in [0.05, 0.1) is 12.9 Å². The molecule has 1 aromatic rings. The Morgan fingerprint density at radius 2 is 2.55 bits per heavy atom. The summed E-state index contributed by atoms with van der Waals surface area (Å²) in [6.45, 7) is 0.548. The predicted octanol–water partition coefficient (Wildman–Crippen LogP) is 0.571. The van der Waals surface area contributed by atoms with E-state index in [4.69, 9.17) is 16.7 Å². The van der Waals surface area contributed by atoms with Gasteiger partial charge in [0, 0.05) is 13.6 Å². The van der Waals surface area contributed by atoms with Crippen molar-refractivity contribution in [2.24, 2.45) is 0 Å². The highest BCUT2D eigenvalue weighted by molar-refractivity contribution is 6.31. The number of aromatic nitrogens is 2. The summed E-state index contributed by atoms with van der Waals surface area (Å²) < 4.78 is 1.67. The summed E-state index contributed by atoms with van der Waals surface area (Å²) in [5.41, 5.74) is 0. The first kappa shape index (κ1) is 8.36. The molecule has 1 aromatic heterocycles. The van der Waals surface area contributed by atoms with E-state index in [1.807, 2.05) is 0 Å². The van der Waals surface area contributed by atoms with E-state index in [9.17, 15) is 0 Å². The monoisotopic (exact) mass is 175 g/mol. The van der Waals surface area contributed by atoms with Crippen molar-refractivity contribution < 1.29 is 5.11 Å². The zero-order valence-corrected chi connectivity index (χ0v) is 6.97. The third-order valence-electron chi connectivity index (χ3n) is 1.35. The highest BCUT2D eigenvalue weighted by Gasteiger charge is 2.04. The molecule has 4 nitrogen and oxygen atoms in total. The van der Waals surface area contributed by atoms with E-state index in [1.165, 1.54) is 0 Å². The summed E-state index contributed by atoms with van der Waals surface area (Å²) >= 11 is 5.83. The first-order valence-corrected chi connectivity index (χ1v) is 3.66. The van der Waals surface area contributed by atoms with Crippen LogP contribution < -0.4 is 5.32 Å². The molecule has 0 unspecified atom stereocenters. The number of imidazole rings is 1. The maximum absolute atomic E-state index is 8.60. The fourth-order valence-corrected chi connectivity index (χ4v) is 1.07. The number of rotatable bonds is 3. The van der Waals surface area contributed by atoms with Crippen LogP contribution in [0.25, 0.3) is 0 Å². The average molecular weight is 176 g/mol. The zero-order chi connectivity index (χ0) is 8.27. The quantitative estimate of drug-likeness (QED) is 0.707. The van der Waals surface area contributed by atoms with Crippen LogP contribution in [0.3, 0.4) is 0 Å². The molecule has 0 atom stereocenters. The molecule has 1 rings (SSSR count). The molecule has 0 aliphatic carbocycles. The second-order valence-corrected chi connectivity index (χ2v) is 2.41. The Morgan fingerprint density at radius 1 is 1.82 bits per heavy atom. The van der Waals surface area contributed by atoms with Crippen LogP contribution in [0.4, 0.5) is 5.82 Å². The summed E-state index contributed by atoms with van der Waals surface area (Å²) in [4.78, 5) is 3.96. The van der Waals surface area contributed by atoms with E-state index >= 15 is 0 Å². The van der Waals surface area contributed by atoms with Crippen molar-refractivity contribution in [3.05, 3.63) is 11.5 Å². The minimum Gasteiger partial charge on any atom is -0.395 e. The van der Waals surface area contributed by atoms with Gasteiger partial charge in [-0.1, -0.05) is 11.6 Å². The van der Waals surface area contributed by atoms with Crippen molar-refractivity contribution in [3.63, 3.8) is 0 Å². The Kier molecular flexibility index (Phi) is 2.73. The van der Waals surface area contributed by atoms with Crippen molar-refractivity contribution in [2.45, 2.75) is 6.54 Å². The first-order chi connectivity index (χ1) is 5.29. The number of aliphatic hydroxyl groups excluding tert-OH is 1. The molecule has 1 heterocycles. The van der Waals surface area contributed by atoms with Crippen molar-refractivity contribution in [3.8, 4) is 0 Å². The molecule has 11 heavy (non-hydrogen) atoms. The third-order valence-corrected chi connectivity index (χ3v) is 1.75. The Hall–Kier alpha value is -0.740. The predicted molar refractivity (Wildman–Crippen MR) is 43.9 cm³/mol. The molecule has 0 saturated carbocycles. The number of nitrogens with one attached hydrogen (secondary N) is 1. The number of aliphatic hydroxyl groups is 1. The van der Waals surface area contributed by atoms with Gasteiger partial charge >= 0.3 is 0 Å². The van der Waals surface area contributed by atoms with E-state index in [2.05, 4.69) is 10.3 Å². The third kappa shape index (κ3) is 1.64. The Balaban J connectivity index is 2.82. The van der Waals surface area contributed by atoms with Gasteiger partial charge in [-0.15, -0.1) is 0 Å². The zero-order valence-electron chi connectivity index (χ0n) is 6.21. The van der Waals surface area contributed by atoms with Crippen LogP contribution in [0.2, 0.25) is 5.15 Å². The highest BCUT2D eigenvalue weighted by atomic mass is 35.5. The molecule has 0 aromatic carbocycles. The molecule has 0 saturated heterocycles. The van der Waals surface area contributed by atoms with Gasteiger partial charge in [0.15, 0.2) is 11.0 Å². The maximum atomic E-state index is 8.60. The van der Waals surface area contributed by atoms with Crippen LogP contribution in [0, 0.1) is 0 Å². The van der Waals surface area contributed by atoms with Crippen LogP contribution in [0.5, 0.6) is 0 Å². The highest BCUT2D eigenvalue weighted by Crippen LogP contribution is 2.18. The number of hydrogen-bond donors (Lipinski definition) is 2. The fraction of sp³-hybridized carbons (Fsp3) is 0.500. The van der Waals surface area contributed by atoms with Crippen molar-refractivity contribution >= 4 is 17.4 Å². The van der Waals surface area contributed by atoms with Gasteiger partial charge in [-0.2, -0.15) is 0 Å². The molecule has 0 amide bonds. The van der Waals surface area contributed by atoms with Crippen LogP contribution in [0.15, 0.2) is 6.33 Å². The smallest absolute Gasteiger partial charge is 0.163 e. The Labute approximate surface area is 69.8 Å². The van der Waals surface area contributed by atoms with Gasteiger partial charge < -0.3 is 15.0 Å². The number of halogens is 1. The SMILES string of the molecule is CNc1ncn(CCO)c1Cl. The molecule has 0 radical (unpaired) electrons. The molecule has 0 bridgehead atoms. The topological polar surface area (TPSA) is 50.1 Å². The number of nitrogens with zero attached hydrogens (tertiary/aromatic N) is 2. The standard InChI is InChI=1S/C6H10ClN3O/c1-8-6-5(7)10(2-3-11)4-9-6/h4,8,11H,2-3H2,1H3. The lowest BCUT2D eigenvalue weighted by atomic mass is 10.6. The molecule has 2 N–H and O–H groups in total. The van der Waals surface area contributed by atoms with Crippen LogP contribution in [0.1, 0.15) is 0 Å². The molecule has 0 aliphatic rings. The molecular weight excluding hydrogens is 166 g/mol. The summed E-state index contributed by atoms with van der Waals surface area (Å²) in [7, 11) is 1.75. The van der Waals surface area contributed by atoms with Crippen LogP contribution in [-0.2, 0) is 6.54 Å². The summed E-state index contributed by atoms with van der Waals surface area (Å²) in [6, 6.07) is 0. The van der Waals surface area contributed by atoms with Crippen LogP contribution >= 0.6 is 11.6 Å². The van der Waals surface area contributed by atoms with Crippen molar-refractivity contribution in [1.29, 1.82) is 0 Å². The minimum atomic E-state index is 0.0687. The van der Waals surface area contributed by atoms with E-state index in [0.717, 1.165) is 0 Å². The number of anilines is 1. The van der Waals surface area contributed by atoms with E-state index in [-0.39, 0.29) is 6.61 Å². The Morgan fingerprint density at radius 3 is 3.00 bits per heavy atom. The molecular formula is C6H10ClN3O. The van der Waals surface area contributed by atoms with Crippen molar-refractivity contribution in [1.82, 2.24) is 9.55 Å². The molecule has 62 valence electrons. The van der Waals surface area contributed by atoms with Gasteiger partial charge in [0.25, 0.3) is 0 Å². The lowest BCUT2D eigenvalue weighted by molar-refractivity contribution is 0.276. The maximum Gasteiger partial charge on any atom is 0.163 e. The summed E-state index contributed by atoms with van der Waals surface area (Å²) in [5, 5.41) is 12.0.